The quantitative estimate of drug-likeness (QED) is 0.627. The van der Waals surface area contributed by atoms with Gasteiger partial charge in [-0.1, -0.05) is 11.6 Å². The normalized spacial score (nSPS) is 9.82. The van der Waals surface area contributed by atoms with Gasteiger partial charge in [-0.15, -0.1) is 0 Å². The molecule has 0 aliphatic heterocycles. The van der Waals surface area contributed by atoms with Crippen molar-refractivity contribution in [1.29, 1.82) is 0 Å². The van der Waals surface area contributed by atoms with Crippen molar-refractivity contribution in [2.75, 3.05) is 14.2 Å². The minimum atomic E-state index is -1.73. The van der Waals surface area contributed by atoms with Crippen LogP contribution in [0.15, 0.2) is 6.07 Å². The predicted octanol–water partition coefficient (Wildman–Crippen LogP) is 1.33. The van der Waals surface area contributed by atoms with Crippen LogP contribution in [0.3, 0.4) is 0 Å². The lowest BCUT2D eigenvalue weighted by Crippen LogP contribution is -2.14. The zero-order chi connectivity index (χ0) is 13.2. The maximum absolute atomic E-state index is 11.4. The molecule has 7 heteroatoms. The number of methoxy groups -OCH3 is 2. The van der Waals surface area contributed by atoms with Crippen molar-refractivity contribution >= 4 is 23.4 Å². The number of benzene rings is 1. The van der Waals surface area contributed by atoms with Gasteiger partial charge in [0.1, 0.15) is 11.3 Å². The van der Waals surface area contributed by atoms with Gasteiger partial charge in [-0.25, -0.2) is 4.79 Å². The molecule has 0 aliphatic rings. The van der Waals surface area contributed by atoms with Crippen LogP contribution in [0.5, 0.6) is 17.2 Å². The molecular formula is C10H9ClO6. The Labute approximate surface area is 101 Å². The van der Waals surface area contributed by atoms with E-state index in [-0.39, 0.29) is 16.5 Å². The summed E-state index contributed by atoms with van der Waals surface area (Å²) in [5.41, 5.74) is -0.538. The molecule has 0 aliphatic carbocycles. The van der Waals surface area contributed by atoms with E-state index < -0.39 is 23.1 Å². The smallest absolute Gasteiger partial charge is 0.377 e. The molecule has 0 radical (unpaired) electrons. The van der Waals surface area contributed by atoms with Crippen LogP contribution >= 0.6 is 11.6 Å². The molecule has 1 rings (SSSR count). The van der Waals surface area contributed by atoms with E-state index in [4.69, 9.17) is 26.2 Å². The van der Waals surface area contributed by atoms with Crippen LogP contribution in [0.2, 0.25) is 5.02 Å². The fourth-order valence-electron chi connectivity index (χ4n) is 1.27. The van der Waals surface area contributed by atoms with Crippen molar-refractivity contribution in [3.63, 3.8) is 0 Å². The van der Waals surface area contributed by atoms with Crippen LogP contribution in [-0.4, -0.2) is 36.2 Å². The lowest BCUT2D eigenvalue weighted by molar-refractivity contribution is -0.131. The first-order valence-electron chi connectivity index (χ1n) is 4.35. The molecule has 0 aromatic heterocycles. The van der Waals surface area contributed by atoms with Crippen molar-refractivity contribution < 1.29 is 29.3 Å². The topological polar surface area (TPSA) is 93.1 Å². The Bertz CT molecular complexity index is 482. The van der Waals surface area contributed by atoms with Crippen molar-refractivity contribution in [3.8, 4) is 17.2 Å². The molecule has 0 heterocycles. The Hall–Kier alpha value is -1.95. The largest absolute Gasteiger partial charge is 0.505 e. The van der Waals surface area contributed by atoms with E-state index in [1.807, 2.05) is 0 Å². The number of Topliss-reactive ketones (excluding diaryl/α,β-unsaturated/α-hetero) is 1. The Balaban J connectivity index is 3.60. The number of carboxylic acid groups (broad SMARTS) is 1. The van der Waals surface area contributed by atoms with E-state index in [0.717, 1.165) is 0 Å². The summed E-state index contributed by atoms with van der Waals surface area (Å²) < 4.78 is 9.72. The second-order valence-corrected chi connectivity index (χ2v) is 3.36. The third kappa shape index (κ3) is 2.26. The fourth-order valence-corrected chi connectivity index (χ4v) is 1.46. The number of aliphatic carboxylic acids is 1. The molecule has 0 fully saturated rings. The molecule has 0 unspecified atom stereocenters. The molecule has 92 valence electrons. The Morgan fingerprint density at radius 2 is 1.88 bits per heavy atom. The zero-order valence-electron chi connectivity index (χ0n) is 8.98. The van der Waals surface area contributed by atoms with E-state index in [2.05, 4.69) is 0 Å². The number of phenolic OH excluding ortho intramolecular Hbond substituents is 1. The van der Waals surface area contributed by atoms with Gasteiger partial charge in [-0.3, -0.25) is 4.79 Å². The van der Waals surface area contributed by atoms with Crippen LogP contribution in [0.25, 0.3) is 0 Å². The molecule has 6 nitrogen and oxygen atoms in total. The highest BCUT2D eigenvalue weighted by Gasteiger charge is 2.28. The number of carbonyl (C=O) groups is 2. The summed E-state index contributed by atoms with van der Waals surface area (Å²) in [6.07, 6.45) is 0. The summed E-state index contributed by atoms with van der Waals surface area (Å²) in [4.78, 5) is 22.0. The summed E-state index contributed by atoms with van der Waals surface area (Å²) in [6, 6.07) is 1.22. The van der Waals surface area contributed by atoms with Crippen molar-refractivity contribution in [2.24, 2.45) is 0 Å². The highest BCUT2D eigenvalue weighted by Crippen LogP contribution is 2.42. The van der Waals surface area contributed by atoms with Crippen LogP contribution < -0.4 is 9.47 Å². The van der Waals surface area contributed by atoms with Gasteiger partial charge in [0.05, 0.1) is 19.2 Å². The number of halogens is 1. The Morgan fingerprint density at radius 3 is 2.29 bits per heavy atom. The van der Waals surface area contributed by atoms with E-state index in [1.54, 1.807) is 0 Å². The second-order valence-electron chi connectivity index (χ2n) is 2.95. The average Bonchev–Trinajstić information content (AvgIpc) is 2.30. The summed E-state index contributed by atoms with van der Waals surface area (Å²) in [7, 11) is 2.50. The number of ether oxygens (including phenoxy) is 2. The van der Waals surface area contributed by atoms with E-state index >= 15 is 0 Å². The fraction of sp³-hybridized carbons (Fsp3) is 0.200. The summed E-state index contributed by atoms with van der Waals surface area (Å²) in [5, 5.41) is 18.0. The molecule has 0 amide bonds. The third-order valence-electron chi connectivity index (χ3n) is 2.02. The second kappa shape index (κ2) is 4.92. The van der Waals surface area contributed by atoms with Crippen molar-refractivity contribution in [3.05, 3.63) is 16.7 Å². The maximum Gasteiger partial charge on any atom is 0.377 e. The first kappa shape index (κ1) is 13.1. The predicted molar refractivity (Wildman–Crippen MR) is 58.2 cm³/mol. The molecule has 0 atom stereocenters. The highest BCUT2D eigenvalue weighted by atomic mass is 35.5. The number of hydrogen-bond donors (Lipinski definition) is 2. The molecule has 1 aromatic carbocycles. The summed E-state index contributed by atoms with van der Waals surface area (Å²) in [5.74, 6) is -3.85. The molecular weight excluding hydrogens is 252 g/mol. The van der Waals surface area contributed by atoms with Gasteiger partial charge in [0.25, 0.3) is 5.78 Å². The van der Waals surface area contributed by atoms with Gasteiger partial charge >= 0.3 is 5.97 Å². The minimum absolute atomic E-state index is 0.0555. The molecule has 0 spiro atoms. The first-order chi connectivity index (χ1) is 7.93. The van der Waals surface area contributed by atoms with Crippen molar-refractivity contribution in [2.45, 2.75) is 0 Å². The van der Waals surface area contributed by atoms with Crippen LogP contribution in [0, 0.1) is 0 Å². The van der Waals surface area contributed by atoms with E-state index in [0.29, 0.717) is 0 Å². The summed E-state index contributed by atoms with van der Waals surface area (Å²) >= 11 is 5.64. The third-order valence-corrected chi connectivity index (χ3v) is 2.31. The van der Waals surface area contributed by atoms with Crippen molar-refractivity contribution in [1.82, 2.24) is 0 Å². The number of carboxylic acids is 1. The van der Waals surface area contributed by atoms with Gasteiger partial charge in [0.2, 0.25) is 0 Å². The number of carbonyl (C=O) groups excluding carboxylic acids is 1. The lowest BCUT2D eigenvalue weighted by atomic mass is 10.1. The van der Waals surface area contributed by atoms with Crippen LogP contribution in [0.1, 0.15) is 10.4 Å². The van der Waals surface area contributed by atoms with Gasteiger partial charge in [0, 0.05) is 6.07 Å². The zero-order valence-corrected chi connectivity index (χ0v) is 9.74. The summed E-state index contributed by atoms with van der Waals surface area (Å²) in [6.45, 7) is 0. The monoisotopic (exact) mass is 260 g/mol. The molecule has 1 aromatic rings. The highest BCUT2D eigenvalue weighted by molar-refractivity contribution is 6.42. The number of rotatable bonds is 4. The maximum atomic E-state index is 11.4. The molecule has 0 saturated carbocycles. The van der Waals surface area contributed by atoms with Gasteiger partial charge in [-0.05, 0) is 0 Å². The first-order valence-corrected chi connectivity index (χ1v) is 4.72. The van der Waals surface area contributed by atoms with Crippen LogP contribution in [-0.2, 0) is 4.79 Å². The Kier molecular flexibility index (Phi) is 3.80. The van der Waals surface area contributed by atoms with Gasteiger partial charge in [-0.2, -0.15) is 0 Å². The number of phenols is 1. The number of aromatic hydroxyl groups is 1. The number of ketones is 1. The van der Waals surface area contributed by atoms with Gasteiger partial charge in [0.15, 0.2) is 11.5 Å². The van der Waals surface area contributed by atoms with E-state index in [9.17, 15) is 14.7 Å². The molecule has 0 saturated heterocycles. The minimum Gasteiger partial charge on any atom is -0.505 e. The Morgan fingerprint density at radius 1 is 1.29 bits per heavy atom. The van der Waals surface area contributed by atoms with Gasteiger partial charge < -0.3 is 19.7 Å². The SMILES string of the molecule is COc1cc(Cl)c(O)c(C(=O)C(=O)O)c1OC. The lowest BCUT2D eigenvalue weighted by Gasteiger charge is -2.13. The van der Waals surface area contributed by atoms with E-state index in [1.165, 1.54) is 20.3 Å². The van der Waals surface area contributed by atoms with Crippen LogP contribution in [0.4, 0.5) is 0 Å². The molecule has 17 heavy (non-hydrogen) atoms. The average molecular weight is 261 g/mol. The molecule has 2 N–H and O–H groups in total. The number of hydrogen-bond acceptors (Lipinski definition) is 5. The standard InChI is InChI=1S/C10H9ClO6/c1-16-5-3-4(11)7(12)6(9(5)17-2)8(13)10(14)15/h3,12H,1-2H3,(H,14,15). The molecule has 0 bridgehead atoms.